The quantitative estimate of drug-likeness (QED) is 0.821. The lowest BCUT2D eigenvalue weighted by atomic mass is 9.93. The minimum absolute atomic E-state index is 0.0767. The van der Waals surface area contributed by atoms with Gasteiger partial charge in [-0.05, 0) is 25.0 Å². The minimum atomic E-state index is -3.78. The second-order valence-electron chi connectivity index (χ2n) is 5.14. The molecule has 20 heavy (non-hydrogen) atoms. The van der Waals surface area contributed by atoms with Crippen molar-refractivity contribution >= 4 is 15.9 Å². The maximum absolute atomic E-state index is 12.7. The number of para-hydroxylation sites is 1. The van der Waals surface area contributed by atoms with E-state index in [0.29, 0.717) is 25.9 Å². The molecule has 1 amide bonds. The molecule has 2 aliphatic heterocycles. The standard InChI is InChI=1S/C13H16N2O4S/c16-11-5-1-2-6-12(11)20(18,19)15-7-3-4-9-10(15)8-14-13(9)17/h1-2,5-6,9-10,16H,3-4,7-8H2,(H,14,17). The molecule has 2 heterocycles. The van der Waals surface area contributed by atoms with Crippen molar-refractivity contribution in [2.24, 2.45) is 5.92 Å². The lowest BCUT2D eigenvalue weighted by Crippen LogP contribution is -2.48. The molecule has 2 atom stereocenters. The average molecular weight is 296 g/mol. The van der Waals surface area contributed by atoms with Gasteiger partial charge in [0, 0.05) is 13.1 Å². The number of rotatable bonds is 2. The number of nitrogens with one attached hydrogen (secondary N) is 1. The summed E-state index contributed by atoms with van der Waals surface area (Å²) in [7, 11) is -3.78. The predicted octanol–water partition coefficient (Wildman–Crippen LogP) is 0.291. The molecule has 2 unspecified atom stereocenters. The van der Waals surface area contributed by atoms with E-state index in [1.54, 1.807) is 12.1 Å². The fraction of sp³-hybridized carbons (Fsp3) is 0.462. The average Bonchev–Trinajstić information content (AvgIpc) is 2.81. The van der Waals surface area contributed by atoms with E-state index < -0.39 is 10.0 Å². The Balaban J connectivity index is 1.99. The van der Waals surface area contributed by atoms with Crippen LogP contribution in [0.3, 0.4) is 0 Å². The Hall–Kier alpha value is -1.60. The number of phenols is 1. The van der Waals surface area contributed by atoms with Crippen LogP contribution in [0.2, 0.25) is 0 Å². The molecule has 1 aromatic rings. The van der Waals surface area contributed by atoms with Crippen molar-refractivity contribution in [1.82, 2.24) is 9.62 Å². The lowest BCUT2D eigenvalue weighted by molar-refractivity contribution is -0.123. The third-order valence-electron chi connectivity index (χ3n) is 4.00. The van der Waals surface area contributed by atoms with E-state index in [1.807, 2.05) is 0 Å². The van der Waals surface area contributed by atoms with E-state index in [1.165, 1.54) is 16.4 Å². The highest BCUT2D eigenvalue weighted by atomic mass is 32.2. The molecule has 0 aliphatic carbocycles. The number of benzene rings is 1. The Bertz CT molecular complexity index is 644. The van der Waals surface area contributed by atoms with E-state index in [-0.39, 0.29) is 28.5 Å². The van der Waals surface area contributed by atoms with Gasteiger partial charge in [-0.15, -0.1) is 0 Å². The zero-order valence-electron chi connectivity index (χ0n) is 10.8. The predicted molar refractivity (Wildman–Crippen MR) is 71.5 cm³/mol. The van der Waals surface area contributed by atoms with E-state index in [9.17, 15) is 18.3 Å². The summed E-state index contributed by atoms with van der Waals surface area (Å²) in [6.07, 6.45) is 1.37. The van der Waals surface area contributed by atoms with Gasteiger partial charge in [-0.2, -0.15) is 4.31 Å². The van der Waals surface area contributed by atoms with Crippen molar-refractivity contribution in [3.8, 4) is 5.75 Å². The van der Waals surface area contributed by atoms with E-state index in [0.717, 1.165) is 0 Å². The van der Waals surface area contributed by atoms with E-state index in [4.69, 9.17) is 0 Å². The maximum atomic E-state index is 12.7. The van der Waals surface area contributed by atoms with Gasteiger partial charge in [-0.25, -0.2) is 8.42 Å². The first-order valence-corrected chi connectivity index (χ1v) is 8.03. The van der Waals surface area contributed by atoms with Crippen molar-refractivity contribution in [2.75, 3.05) is 13.1 Å². The van der Waals surface area contributed by atoms with Crippen LogP contribution in [0.15, 0.2) is 29.2 Å². The lowest BCUT2D eigenvalue weighted by Gasteiger charge is -2.34. The second-order valence-corrected chi connectivity index (χ2v) is 7.00. The van der Waals surface area contributed by atoms with Crippen LogP contribution >= 0.6 is 0 Å². The largest absolute Gasteiger partial charge is 0.507 e. The summed E-state index contributed by atoms with van der Waals surface area (Å²) in [6, 6.07) is 5.55. The first kappa shape index (κ1) is 13.4. The van der Waals surface area contributed by atoms with E-state index >= 15 is 0 Å². The second kappa shape index (κ2) is 4.75. The van der Waals surface area contributed by atoms with Gasteiger partial charge in [0.15, 0.2) is 0 Å². The summed E-state index contributed by atoms with van der Waals surface area (Å²) in [6.45, 7) is 0.725. The smallest absolute Gasteiger partial charge is 0.247 e. The Labute approximate surface area is 117 Å². The number of amides is 1. The van der Waals surface area contributed by atoms with Crippen LogP contribution in [-0.2, 0) is 14.8 Å². The summed E-state index contributed by atoms with van der Waals surface area (Å²) >= 11 is 0. The summed E-state index contributed by atoms with van der Waals surface area (Å²) in [5.41, 5.74) is 0. The highest BCUT2D eigenvalue weighted by Crippen LogP contribution is 2.34. The highest BCUT2D eigenvalue weighted by molar-refractivity contribution is 7.89. The number of nitrogens with zero attached hydrogens (tertiary/aromatic N) is 1. The van der Waals surface area contributed by atoms with Crippen LogP contribution in [0.5, 0.6) is 5.75 Å². The summed E-state index contributed by atoms with van der Waals surface area (Å²) in [4.78, 5) is 11.6. The number of hydrogen-bond acceptors (Lipinski definition) is 4. The van der Waals surface area contributed by atoms with Gasteiger partial charge < -0.3 is 10.4 Å². The van der Waals surface area contributed by atoms with Gasteiger partial charge in [-0.1, -0.05) is 12.1 Å². The van der Waals surface area contributed by atoms with Gasteiger partial charge in [-0.3, -0.25) is 4.79 Å². The molecule has 2 N–H and O–H groups in total. The third-order valence-corrected chi connectivity index (χ3v) is 5.97. The summed E-state index contributed by atoms with van der Waals surface area (Å²) in [5.74, 6) is -0.608. The maximum Gasteiger partial charge on any atom is 0.247 e. The highest BCUT2D eigenvalue weighted by Gasteiger charge is 2.46. The van der Waals surface area contributed by atoms with Crippen molar-refractivity contribution in [1.29, 1.82) is 0 Å². The molecule has 1 aromatic carbocycles. The molecule has 2 saturated heterocycles. The van der Waals surface area contributed by atoms with Crippen LogP contribution < -0.4 is 5.32 Å². The van der Waals surface area contributed by atoms with Gasteiger partial charge >= 0.3 is 0 Å². The van der Waals surface area contributed by atoms with Gasteiger partial charge in [0.1, 0.15) is 10.6 Å². The van der Waals surface area contributed by atoms with Crippen LogP contribution in [0.1, 0.15) is 12.8 Å². The zero-order chi connectivity index (χ0) is 14.3. The number of piperidine rings is 1. The topological polar surface area (TPSA) is 86.7 Å². The minimum Gasteiger partial charge on any atom is -0.507 e. The first-order valence-electron chi connectivity index (χ1n) is 6.59. The fourth-order valence-electron chi connectivity index (χ4n) is 3.01. The van der Waals surface area contributed by atoms with E-state index in [2.05, 4.69) is 5.32 Å². The van der Waals surface area contributed by atoms with Crippen LogP contribution in [-0.4, -0.2) is 42.9 Å². The fourth-order valence-corrected chi connectivity index (χ4v) is 4.80. The van der Waals surface area contributed by atoms with Crippen LogP contribution in [0.25, 0.3) is 0 Å². The van der Waals surface area contributed by atoms with Gasteiger partial charge in [0.2, 0.25) is 15.9 Å². The Morgan fingerprint density at radius 1 is 1.30 bits per heavy atom. The monoisotopic (exact) mass is 296 g/mol. The van der Waals surface area contributed by atoms with Gasteiger partial charge in [0.25, 0.3) is 0 Å². The number of fused-ring (bicyclic) bond motifs is 1. The molecule has 2 aliphatic rings. The summed E-state index contributed by atoms with van der Waals surface area (Å²) in [5, 5.41) is 12.5. The number of sulfonamides is 1. The van der Waals surface area contributed by atoms with Crippen LogP contribution in [0, 0.1) is 5.92 Å². The Kier molecular flexibility index (Phi) is 3.18. The van der Waals surface area contributed by atoms with Crippen molar-refractivity contribution in [3.63, 3.8) is 0 Å². The molecule has 0 spiro atoms. The van der Waals surface area contributed by atoms with Crippen LogP contribution in [0.4, 0.5) is 0 Å². The number of carbonyl (C=O) groups is 1. The van der Waals surface area contributed by atoms with Gasteiger partial charge in [0.05, 0.1) is 12.0 Å². The van der Waals surface area contributed by atoms with Crippen molar-refractivity contribution in [3.05, 3.63) is 24.3 Å². The van der Waals surface area contributed by atoms with Crippen molar-refractivity contribution in [2.45, 2.75) is 23.8 Å². The molecular formula is C13H16N2O4S. The zero-order valence-corrected chi connectivity index (χ0v) is 11.6. The molecule has 0 bridgehead atoms. The molecule has 2 fully saturated rings. The molecule has 108 valence electrons. The molecule has 0 aromatic heterocycles. The third kappa shape index (κ3) is 1.97. The van der Waals surface area contributed by atoms with Crippen molar-refractivity contribution < 1.29 is 18.3 Å². The first-order chi connectivity index (χ1) is 9.51. The Morgan fingerprint density at radius 2 is 2.05 bits per heavy atom. The molecule has 7 heteroatoms. The SMILES string of the molecule is O=C1NCC2C1CCCN2S(=O)(=O)c1ccccc1O. The normalized spacial score (nSPS) is 27.1. The number of aromatic hydroxyl groups is 1. The molecular weight excluding hydrogens is 280 g/mol. The molecule has 6 nitrogen and oxygen atoms in total. The number of phenolic OH excluding ortho intramolecular Hbond substituents is 1. The molecule has 3 rings (SSSR count). The number of carbonyl (C=O) groups excluding carboxylic acids is 1. The Morgan fingerprint density at radius 3 is 2.80 bits per heavy atom. The summed E-state index contributed by atoms with van der Waals surface area (Å²) < 4.78 is 26.7. The molecule has 0 saturated carbocycles. The number of hydrogen-bond donors (Lipinski definition) is 2. The molecule has 0 radical (unpaired) electrons.